The van der Waals surface area contributed by atoms with Crippen molar-refractivity contribution in [2.45, 2.75) is 41.7 Å². The topological polar surface area (TPSA) is 29.1 Å². The number of hydrogen-bond acceptors (Lipinski definition) is 2. The fourth-order valence-corrected chi connectivity index (χ4v) is 3.98. The highest BCUT2D eigenvalue weighted by Gasteiger charge is 2.54. The molecule has 1 saturated carbocycles. The minimum Gasteiger partial charge on any atom is -0.297 e. The van der Waals surface area contributed by atoms with Gasteiger partial charge in [-0.3, -0.25) is 9.52 Å². The Balaban J connectivity index is 2.16. The Morgan fingerprint density at radius 1 is 1.36 bits per heavy atom. The first kappa shape index (κ1) is 10.9. The lowest BCUT2D eigenvalue weighted by Gasteiger charge is -2.33. The summed E-state index contributed by atoms with van der Waals surface area (Å²) < 4.78 is 2.34. The lowest BCUT2D eigenvalue weighted by atomic mass is 9.80. The van der Waals surface area contributed by atoms with Crippen LogP contribution in [0.5, 0.6) is 0 Å². The molecule has 5 heteroatoms. The van der Waals surface area contributed by atoms with Crippen LogP contribution in [0, 0.1) is 5.92 Å². The number of nitrogens with one attached hydrogen (secondary N) is 1. The summed E-state index contributed by atoms with van der Waals surface area (Å²) in [6, 6.07) is 0. The fraction of sp³-hybridized carbons (Fsp3) is 0.889. The monoisotopic (exact) mass is 253 g/mol. The summed E-state index contributed by atoms with van der Waals surface area (Å²) in [7, 11) is 0. The molecule has 0 bridgehead atoms. The summed E-state index contributed by atoms with van der Waals surface area (Å²) >= 11 is 13.7. The van der Waals surface area contributed by atoms with Gasteiger partial charge in [-0.1, -0.05) is 19.3 Å². The van der Waals surface area contributed by atoms with E-state index in [4.69, 9.17) is 23.2 Å². The van der Waals surface area contributed by atoms with Crippen LogP contribution in [0.2, 0.25) is 0 Å². The molecule has 2 unspecified atom stereocenters. The zero-order valence-corrected chi connectivity index (χ0v) is 10.1. The van der Waals surface area contributed by atoms with E-state index in [1.807, 2.05) is 0 Å². The average molecular weight is 254 g/mol. The number of hydrogen-bond donors (Lipinski definition) is 1. The third kappa shape index (κ3) is 1.63. The number of carbonyl (C=O) groups is 1. The molecule has 0 aromatic heterocycles. The van der Waals surface area contributed by atoms with E-state index in [-0.39, 0.29) is 16.5 Å². The van der Waals surface area contributed by atoms with Crippen molar-refractivity contribution in [1.82, 2.24) is 4.72 Å². The van der Waals surface area contributed by atoms with Gasteiger partial charge in [-0.15, -0.1) is 23.2 Å². The molecule has 14 heavy (non-hydrogen) atoms. The van der Waals surface area contributed by atoms with Gasteiger partial charge in [-0.2, -0.15) is 0 Å². The van der Waals surface area contributed by atoms with Gasteiger partial charge in [-0.05, 0) is 30.7 Å². The number of alkyl halides is 2. The van der Waals surface area contributed by atoms with Crippen LogP contribution in [-0.4, -0.2) is 15.5 Å². The SMILES string of the molecule is O=C1NSC(Cl)C1(Cl)C1CCCCC1. The Kier molecular flexibility index (Phi) is 3.20. The summed E-state index contributed by atoms with van der Waals surface area (Å²) in [6.45, 7) is 0. The molecule has 0 aromatic carbocycles. The highest BCUT2D eigenvalue weighted by Crippen LogP contribution is 2.47. The lowest BCUT2D eigenvalue weighted by Crippen LogP contribution is -2.45. The average Bonchev–Trinajstić information content (AvgIpc) is 2.49. The third-order valence-corrected chi connectivity index (χ3v) is 5.57. The number of rotatable bonds is 1. The normalized spacial score (nSPS) is 39.9. The molecule has 2 fully saturated rings. The van der Waals surface area contributed by atoms with Crippen LogP contribution in [-0.2, 0) is 4.79 Å². The van der Waals surface area contributed by atoms with Crippen LogP contribution in [0.15, 0.2) is 0 Å². The maximum Gasteiger partial charge on any atom is 0.253 e. The highest BCUT2D eigenvalue weighted by atomic mass is 35.5. The van der Waals surface area contributed by atoms with Crippen molar-refractivity contribution in [2.24, 2.45) is 5.92 Å². The van der Waals surface area contributed by atoms with Crippen molar-refractivity contribution in [3.05, 3.63) is 0 Å². The highest BCUT2D eigenvalue weighted by molar-refractivity contribution is 8.00. The predicted octanol–water partition coefficient (Wildman–Crippen LogP) is 2.89. The van der Waals surface area contributed by atoms with Crippen molar-refractivity contribution in [1.29, 1.82) is 0 Å². The first-order chi connectivity index (χ1) is 6.65. The minimum atomic E-state index is -0.868. The Morgan fingerprint density at radius 2 is 2.00 bits per heavy atom. The summed E-state index contributed by atoms with van der Waals surface area (Å²) in [5, 5.41) is 0. The van der Waals surface area contributed by atoms with E-state index in [1.165, 1.54) is 31.2 Å². The Morgan fingerprint density at radius 3 is 2.50 bits per heavy atom. The maximum absolute atomic E-state index is 11.7. The molecular formula is C9H13Cl2NOS. The predicted molar refractivity (Wildman–Crippen MR) is 60.5 cm³/mol. The van der Waals surface area contributed by atoms with Gasteiger partial charge >= 0.3 is 0 Å². The molecule has 0 aromatic rings. The second-order valence-corrected chi connectivity index (χ2v) is 6.20. The van der Waals surface area contributed by atoms with Crippen LogP contribution in [0.1, 0.15) is 32.1 Å². The molecule has 0 spiro atoms. The van der Waals surface area contributed by atoms with Gasteiger partial charge < -0.3 is 0 Å². The summed E-state index contributed by atoms with van der Waals surface area (Å²) in [5.41, 5.74) is 0. The van der Waals surface area contributed by atoms with E-state index in [2.05, 4.69) is 4.72 Å². The van der Waals surface area contributed by atoms with Crippen molar-refractivity contribution >= 4 is 41.1 Å². The van der Waals surface area contributed by atoms with Gasteiger partial charge in [0.15, 0.2) is 4.87 Å². The molecule has 2 rings (SSSR count). The molecule has 0 radical (unpaired) electrons. The molecular weight excluding hydrogens is 241 g/mol. The van der Waals surface area contributed by atoms with Crippen molar-refractivity contribution in [3.63, 3.8) is 0 Å². The minimum absolute atomic E-state index is 0.101. The summed E-state index contributed by atoms with van der Waals surface area (Å²) in [4.78, 5) is 10.8. The zero-order valence-electron chi connectivity index (χ0n) is 7.76. The maximum atomic E-state index is 11.7. The third-order valence-electron chi connectivity index (χ3n) is 3.13. The summed E-state index contributed by atoms with van der Waals surface area (Å²) in [6.07, 6.45) is 5.65. The second kappa shape index (κ2) is 4.11. The van der Waals surface area contributed by atoms with E-state index in [9.17, 15) is 4.79 Å². The number of amides is 1. The molecule has 2 atom stereocenters. The first-order valence-corrected chi connectivity index (χ1v) is 6.64. The molecule has 1 saturated heterocycles. The molecule has 1 amide bonds. The van der Waals surface area contributed by atoms with Gasteiger partial charge in [0.05, 0.1) is 0 Å². The van der Waals surface area contributed by atoms with Gasteiger partial charge in [0, 0.05) is 0 Å². The van der Waals surface area contributed by atoms with E-state index < -0.39 is 4.87 Å². The van der Waals surface area contributed by atoms with Gasteiger partial charge in [0.1, 0.15) is 4.71 Å². The fourth-order valence-electron chi connectivity index (χ4n) is 2.27. The van der Waals surface area contributed by atoms with Crippen molar-refractivity contribution in [3.8, 4) is 0 Å². The van der Waals surface area contributed by atoms with Crippen LogP contribution >= 0.6 is 35.1 Å². The van der Waals surface area contributed by atoms with Gasteiger partial charge in [-0.25, -0.2) is 0 Å². The van der Waals surface area contributed by atoms with E-state index >= 15 is 0 Å². The largest absolute Gasteiger partial charge is 0.297 e. The zero-order chi connectivity index (χ0) is 10.2. The first-order valence-electron chi connectivity index (χ1n) is 4.94. The molecule has 1 N–H and O–H groups in total. The molecule has 1 heterocycles. The van der Waals surface area contributed by atoms with Crippen molar-refractivity contribution in [2.75, 3.05) is 0 Å². The van der Waals surface area contributed by atoms with Crippen LogP contribution in [0.3, 0.4) is 0 Å². The second-order valence-electron chi connectivity index (χ2n) is 3.97. The smallest absolute Gasteiger partial charge is 0.253 e. The van der Waals surface area contributed by atoms with E-state index in [1.54, 1.807) is 0 Å². The van der Waals surface area contributed by atoms with Crippen molar-refractivity contribution < 1.29 is 4.79 Å². The van der Waals surface area contributed by atoms with Crippen LogP contribution in [0.4, 0.5) is 0 Å². The van der Waals surface area contributed by atoms with Gasteiger partial charge in [0.2, 0.25) is 0 Å². The van der Waals surface area contributed by atoms with Crippen LogP contribution < -0.4 is 4.72 Å². The molecule has 2 aliphatic rings. The Bertz CT molecular complexity index is 245. The molecule has 1 aliphatic carbocycles. The Labute approximate surface area is 98.2 Å². The summed E-state index contributed by atoms with van der Waals surface area (Å²) in [5.74, 6) is 0.145. The van der Waals surface area contributed by atoms with Crippen LogP contribution in [0.25, 0.3) is 0 Å². The number of halogens is 2. The quantitative estimate of drug-likeness (QED) is 0.576. The van der Waals surface area contributed by atoms with E-state index in [0.717, 1.165) is 12.8 Å². The number of carbonyl (C=O) groups excluding carboxylic acids is 1. The molecule has 80 valence electrons. The van der Waals surface area contributed by atoms with E-state index in [0.29, 0.717) is 0 Å². The molecule has 2 nitrogen and oxygen atoms in total. The van der Waals surface area contributed by atoms with Gasteiger partial charge in [0.25, 0.3) is 5.91 Å². The lowest BCUT2D eigenvalue weighted by molar-refractivity contribution is -0.122. The Hall–Kier alpha value is 0.400. The standard InChI is InChI=1S/C9H13Cl2NOS/c10-7-9(11,8(13)12-14-7)6-4-2-1-3-5-6/h6-7H,1-5H2,(H,12,13). The molecule has 1 aliphatic heterocycles.